The van der Waals surface area contributed by atoms with Crippen LogP contribution in [0.3, 0.4) is 0 Å². The number of hydrogen-bond acceptors (Lipinski definition) is 5. The highest BCUT2D eigenvalue weighted by atomic mass is 16.5. The fourth-order valence-electron chi connectivity index (χ4n) is 1.51. The highest BCUT2D eigenvalue weighted by Crippen LogP contribution is 2.21. The molecule has 0 aromatic heterocycles. The largest absolute Gasteiger partial charge is 0.429 e. The summed E-state index contributed by atoms with van der Waals surface area (Å²) in [5, 5.41) is 3.15. The van der Waals surface area contributed by atoms with Crippen molar-refractivity contribution in [3.63, 3.8) is 0 Å². The summed E-state index contributed by atoms with van der Waals surface area (Å²) in [7, 11) is 0. The number of anilines is 2. The molecule has 0 heterocycles. The van der Waals surface area contributed by atoms with Crippen LogP contribution in [0.1, 0.15) is 0 Å². The third-order valence-corrected chi connectivity index (χ3v) is 2.37. The van der Waals surface area contributed by atoms with Gasteiger partial charge in [0.1, 0.15) is 11.5 Å². The van der Waals surface area contributed by atoms with Crippen molar-refractivity contribution in [1.29, 1.82) is 0 Å². The van der Waals surface area contributed by atoms with Crippen LogP contribution in [0.5, 0.6) is 11.5 Å². The summed E-state index contributed by atoms with van der Waals surface area (Å²) in [5.74, 6) is 0.963. The average Bonchev–Trinajstić information content (AvgIpc) is 2.44. The molecule has 0 spiro atoms. The van der Waals surface area contributed by atoms with E-state index in [2.05, 4.69) is 5.32 Å². The molecule has 0 aliphatic heterocycles. The molecule has 2 aromatic rings. The summed E-state index contributed by atoms with van der Waals surface area (Å²) in [6.45, 7) is 0.766. The lowest BCUT2D eigenvalue weighted by atomic mass is 10.2. The van der Waals surface area contributed by atoms with Crippen LogP contribution in [0.15, 0.2) is 48.5 Å². The standard InChI is InChI=1S/C14H11NO4/c16-9-18-13-5-1-11(2-6-13)15-12-3-7-14(8-4-12)19-10-17/h1-10,15H. The van der Waals surface area contributed by atoms with Gasteiger partial charge in [0.2, 0.25) is 0 Å². The van der Waals surface area contributed by atoms with Gasteiger partial charge in [-0.2, -0.15) is 0 Å². The van der Waals surface area contributed by atoms with E-state index in [-0.39, 0.29) is 0 Å². The summed E-state index contributed by atoms with van der Waals surface area (Å²) in [4.78, 5) is 20.3. The number of carbonyl (C=O) groups is 2. The average molecular weight is 257 g/mol. The predicted molar refractivity (Wildman–Crippen MR) is 69.6 cm³/mol. The van der Waals surface area contributed by atoms with Crippen LogP contribution in [-0.2, 0) is 9.59 Å². The minimum Gasteiger partial charge on any atom is -0.429 e. The van der Waals surface area contributed by atoms with Crippen molar-refractivity contribution >= 4 is 24.3 Å². The molecule has 19 heavy (non-hydrogen) atoms. The molecule has 0 aliphatic carbocycles. The number of carbonyl (C=O) groups excluding carboxylic acids is 2. The van der Waals surface area contributed by atoms with E-state index >= 15 is 0 Å². The molecule has 0 bridgehead atoms. The first-order valence-electron chi connectivity index (χ1n) is 5.49. The normalized spacial score (nSPS) is 9.47. The molecule has 0 saturated heterocycles. The Bertz CT molecular complexity index is 497. The first-order valence-corrected chi connectivity index (χ1v) is 5.49. The zero-order valence-corrected chi connectivity index (χ0v) is 9.91. The van der Waals surface area contributed by atoms with E-state index < -0.39 is 0 Å². The lowest BCUT2D eigenvalue weighted by molar-refractivity contribution is -0.121. The van der Waals surface area contributed by atoms with Gasteiger partial charge in [-0.3, -0.25) is 9.59 Å². The van der Waals surface area contributed by atoms with Crippen molar-refractivity contribution in [3.8, 4) is 11.5 Å². The van der Waals surface area contributed by atoms with Crippen molar-refractivity contribution in [2.75, 3.05) is 5.32 Å². The van der Waals surface area contributed by atoms with Gasteiger partial charge in [-0.1, -0.05) is 0 Å². The summed E-state index contributed by atoms with van der Waals surface area (Å²) in [6, 6.07) is 13.9. The van der Waals surface area contributed by atoms with Crippen molar-refractivity contribution in [3.05, 3.63) is 48.5 Å². The van der Waals surface area contributed by atoms with Gasteiger partial charge in [-0.05, 0) is 48.5 Å². The van der Waals surface area contributed by atoms with Gasteiger partial charge in [0.15, 0.2) is 0 Å². The Kier molecular flexibility index (Phi) is 4.12. The second-order valence-electron chi connectivity index (χ2n) is 3.60. The number of nitrogens with one attached hydrogen (secondary N) is 1. The molecule has 2 rings (SSSR count). The van der Waals surface area contributed by atoms with Crippen LogP contribution < -0.4 is 14.8 Å². The molecular weight excluding hydrogens is 246 g/mol. The minimum absolute atomic E-state index is 0.383. The first-order chi connectivity index (χ1) is 9.31. The maximum atomic E-state index is 10.2. The third kappa shape index (κ3) is 3.57. The fourth-order valence-corrected chi connectivity index (χ4v) is 1.51. The van der Waals surface area contributed by atoms with Gasteiger partial charge in [0.05, 0.1) is 0 Å². The molecule has 5 nitrogen and oxygen atoms in total. The molecule has 5 heteroatoms. The third-order valence-electron chi connectivity index (χ3n) is 2.37. The van der Waals surface area contributed by atoms with E-state index in [0.29, 0.717) is 24.4 Å². The Hall–Kier alpha value is -2.82. The first kappa shape index (κ1) is 12.6. The van der Waals surface area contributed by atoms with E-state index in [1.54, 1.807) is 48.5 Å². The topological polar surface area (TPSA) is 64.6 Å². The van der Waals surface area contributed by atoms with E-state index in [9.17, 15) is 9.59 Å². The fraction of sp³-hybridized carbons (Fsp3) is 0. The number of ether oxygens (including phenoxy) is 2. The van der Waals surface area contributed by atoms with E-state index in [4.69, 9.17) is 9.47 Å². The van der Waals surface area contributed by atoms with Gasteiger partial charge >= 0.3 is 0 Å². The molecule has 0 atom stereocenters. The van der Waals surface area contributed by atoms with Crippen LogP contribution in [0.2, 0.25) is 0 Å². The second kappa shape index (κ2) is 6.20. The smallest absolute Gasteiger partial charge is 0.298 e. The molecule has 0 saturated carbocycles. The molecule has 0 amide bonds. The van der Waals surface area contributed by atoms with Gasteiger partial charge in [-0.25, -0.2) is 0 Å². The monoisotopic (exact) mass is 257 g/mol. The van der Waals surface area contributed by atoms with Crippen LogP contribution in [0.4, 0.5) is 11.4 Å². The molecule has 96 valence electrons. The number of rotatable bonds is 6. The maximum absolute atomic E-state index is 10.2. The van der Waals surface area contributed by atoms with Gasteiger partial charge in [-0.15, -0.1) is 0 Å². The van der Waals surface area contributed by atoms with Crippen molar-refractivity contribution in [2.24, 2.45) is 0 Å². The highest BCUT2D eigenvalue weighted by Gasteiger charge is 1.97. The zero-order valence-electron chi connectivity index (χ0n) is 9.91. The Morgan fingerprint density at radius 2 is 1.05 bits per heavy atom. The Balaban J connectivity index is 2.03. The Morgan fingerprint density at radius 3 is 1.37 bits per heavy atom. The van der Waals surface area contributed by atoms with Crippen LogP contribution >= 0.6 is 0 Å². The van der Waals surface area contributed by atoms with Crippen LogP contribution in [-0.4, -0.2) is 12.9 Å². The van der Waals surface area contributed by atoms with Crippen molar-refractivity contribution in [1.82, 2.24) is 0 Å². The lowest BCUT2D eigenvalue weighted by Gasteiger charge is -2.07. The number of benzene rings is 2. The van der Waals surface area contributed by atoms with Gasteiger partial charge < -0.3 is 14.8 Å². The highest BCUT2D eigenvalue weighted by molar-refractivity contribution is 5.62. The molecule has 0 aliphatic rings. The molecular formula is C14H11NO4. The molecule has 0 unspecified atom stereocenters. The van der Waals surface area contributed by atoms with E-state index in [1.807, 2.05) is 0 Å². The maximum Gasteiger partial charge on any atom is 0.298 e. The molecule has 0 radical (unpaired) electrons. The summed E-state index contributed by atoms with van der Waals surface area (Å²) >= 11 is 0. The summed E-state index contributed by atoms with van der Waals surface area (Å²) < 4.78 is 9.39. The zero-order chi connectivity index (χ0) is 13.5. The van der Waals surface area contributed by atoms with Crippen molar-refractivity contribution in [2.45, 2.75) is 0 Å². The van der Waals surface area contributed by atoms with E-state index in [1.165, 1.54) is 0 Å². The summed E-state index contributed by atoms with van der Waals surface area (Å²) in [6.07, 6.45) is 0. The Labute approximate surface area is 109 Å². The lowest BCUT2D eigenvalue weighted by Crippen LogP contribution is -1.92. The van der Waals surface area contributed by atoms with Gasteiger partial charge in [0.25, 0.3) is 12.9 Å². The van der Waals surface area contributed by atoms with Crippen LogP contribution in [0.25, 0.3) is 0 Å². The van der Waals surface area contributed by atoms with Gasteiger partial charge in [0, 0.05) is 11.4 Å². The Morgan fingerprint density at radius 1 is 0.684 bits per heavy atom. The summed E-state index contributed by atoms with van der Waals surface area (Å²) in [5.41, 5.74) is 1.70. The predicted octanol–water partition coefficient (Wildman–Crippen LogP) is 2.50. The minimum atomic E-state index is 0.383. The van der Waals surface area contributed by atoms with E-state index in [0.717, 1.165) is 11.4 Å². The van der Waals surface area contributed by atoms with Crippen LogP contribution in [0, 0.1) is 0 Å². The quantitative estimate of drug-likeness (QED) is 0.805. The number of hydrogen-bond donors (Lipinski definition) is 1. The SMILES string of the molecule is O=COc1ccc(Nc2ccc(OC=O)cc2)cc1. The molecule has 0 fully saturated rings. The second-order valence-corrected chi connectivity index (χ2v) is 3.60. The van der Waals surface area contributed by atoms with Crippen molar-refractivity contribution < 1.29 is 19.1 Å². The molecule has 2 aromatic carbocycles. The molecule has 1 N–H and O–H groups in total.